The number of carbonyl (C=O) groups is 2. The van der Waals surface area contributed by atoms with Crippen LogP contribution in [-0.2, 0) is 22.6 Å². The Labute approximate surface area is 180 Å². The third-order valence-corrected chi connectivity index (χ3v) is 4.38. The molecule has 0 radical (unpaired) electrons. The monoisotopic (exact) mass is 420 g/mol. The van der Waals surface area contributed by atoms with Crippen LogP contribution in [-0.4, -0.2) is 33.4 Å². The van der Waals surface area contributed by atoms with Crippen LogP contribution in [0.1, 0.15) is 34.2 Å². The number of anilines is 3. The summed E-state index contributed by atoms with van der Waals surface area (Å²) in [5.41, 5.74) is 9.15. The number of hydrogen-bond acceptors (Lipinski definition) is 8. The molecule has 1 amide bonds. The molecule has 0 unspecified atom stereocenters. The molecule has 0 saturated heterocycles. The van der Waals surface area contributed by atoms with Crippen LogP contribution in [0.4, 0.5) is 17.6 Å². The fourth-order valence-corrected chi connectivity index (χ4v) is 2.87. The molecule has 0 fully saturated rings. The molecule has 9 nitrogen and oxygen atoms in total. The summed E-state index contributed by atoms with van der Waals surface area (Å²) in [7, 11) is 0. The van der Waals surface area contributed by atoms with E-state index in [4.69, 9.17) is 10.5 Å². The third-order valence-electron chi connectivity index (χ3n) is 4.38. The number of nitrogens with zero attached hydrogens (tertiary/aromatic N) is 3. The molecule has 0 spiro atoms. The van der Waals surface area contributed by atoms with Crippen LogP contribution in [0.15, 0.2) is 48.5 Å². The molecule has 0 aliphatic carbocycles. The first kappa shape index (κ1) is 21.7. The predicted octanol–water partition coefficient (Wildman–Crippen LogP) is 2.54. The lowest BCUT2D eigenvalue weighted by Crippen LogP contribution is -2.30. The summed E-state index contributed by atoms with van der Waals surface area (Å²) in [5.74, 6) is -0.517. The number of nitrogens with two attached hydrogens (primary N) is 1. The Kier molecular flexibility index (Phi) is 7.10. The second-order valence-electron chi connectivity index (χ2n) is 6.78. The Hall–Kier alpha value is -4.01. The number of rotatable bonds is 8. The smallest absolute Gasteiger partial charge is 0.325 e. The van der Waals surface area contributed by atoms with Crippen LogP contribution in [0.5, 0.6) is 0 Å². The zero-order valence-electron chi connectivity index (χ0n) is 17.4. The molecule has 1 aromatic heterocycles. The van der Waals surface area contributed by atoms with Crippen molar-refractivity contribution in [2.45, 2.75) is 26.9 Å². The summed E-state index contributed by atoms with van der Waals surface area (Å²) in [5, 5.41) is 5.64. The SMILES string of the molecule is CCc1ccccc1Nc1nc(N)nc(COC(=O)CNC(=O)c2cccc(C)c2)n1. The topological polar surface area (TPSA) is 132 Å². The molecule has 0 atom stereocenters. The number of nitrogens with one attached hydrogen (secondary N) is 2. The zero-order valence-corrected chi connectivity index (χ0v) is 17.4. The molecule has 0 bridgehead atoms. The zero-order chi connectivity index (χ0) is 22.2. The van der Waals surface area contributed by atoms with Gasteiger partial charge in [0.25, 0.3) is 5.91 Å². The van der Waals surface area contributed by atoms with E-state index in [2.05, 4.69) is 25.6 Å². The van der Waals surface area contributed by atoms with E-state index in [1.54, 1.807) is 18.2 Å². The van der Waals surface area contributed by atoms with E-state index in [0.29, 0.717) is 5.56 Å². The molecule has 9 heteroatoms. The second kappa shape index (κ2) is 10.1. The van der Waals surface area contributed by atoms with E-state index >= 15 is 0 Å². The van der Waals surface area contributed by atoms with Crippen LogP contribution >= 0.6 is 0 Å². The maximum Gasteiger partial charge on any atom is 0.325 e. The molecule has 1 heterocycles. The average Bonchev–Trinajstić information content (AvgIpc) is 2.76. The molecule has 3 aromatic rings. The van der Waals surface area contributed by atoms with Gasteiger partial charge in [-0.3, -0.25) is 9.59 Å². The number of benzene rings is 2. The predicted molar refractivity (Wildman–Crippen MR) is 117 cm³/mol. The Morgan fingerprint density at radius 3 is 2.65 bits per heavy atom. The van der Waals surface area contributed by atoms with Crippen LogP contribution in [0, 0.1) is 6.92 Å². The normalized spacial score (nSPS) is 10.4. The van der Waals surface area contributed by atoms with Gasteiger partial charge in [0, 0.05) is 11.3 Å². The summed E-state index contributed by atoms with van der Waals surface area (Å²) < 4.78 is 5.15. The van der Waals surface area contributed by atoms with Crippen molar-refractivity contribution in [1.82, 2.24) is 20.3 Å². The van der Waals surface area contributed by atoms with Crippen molar-refractivity contribution in [3.05, 3.63) is 71.0 Å². The van der Waals surface area contributed by atoms with E-state index in [1.807, 2.05) is 44.2 Å². The van der Waals surface area contributed by atoms with Crippen molar-refractivity contribution in [1.29, 1.82) is 0 Å². The van der Waals surface area contributed by atoms with Crippen LogP contribution in [0.3, 0.4) is 0 Å². The first-order valence-corrected chi connectivity index (χ1v) is 9.80. The average molecular weight is 420 g/mol. The molecular weight excluding hydrogens is 396 g/mol. The Morgan fingerprint density at radius 1 is 1.06 bits per heavy atom. The van der Waals surface area contributed by atoms with Gasteiger partial charge in [-0.25, -0.2) is 0 Å². The van der Waals surface area contributed by atoms with Gasteiger partial charge >= 0.3 is 5.97 Å². The first-order valence-electron chi connectivity index (χ1n) is 9.80. The molecule has 3 rings (SSSR count). The maximum absolute atomic E-state index is 12.1. The minimum Gasteiger partial charge on any atom is -0.456 e. The highest BCUT2D eigenvalue weighted by Gasteiger charge is 2.12. The highest BCUT2D eigenvalue weighted by Crippen LogP contribution is 2.19. The molecule has 2 aromatic carbocycles. The number of nitrogen functional groups attached to an aromatic ring is 1. The molecule has 0 saturated carbocycles. The molecule has 160 valence electrons. The van der Waals surface area contributed by atoms with Gasteiger partial charge in [0.05, 0.1) is 0 Å². The summed E-state index contributed by atoms with van der Waals surface area (Å²) in [4.78, 5) is 36.4. The van der Waals surface area contributed by atoms with Gasteiger partial charge < -0.3 is 21.1 Å². The van der Waals surface area contributed by atoms with Crippen molar-refractivity contribution in [2.24, 2.45) is 0 Å². The first-order chi connectivity index (χ1) is 14.9. The van der Waals surface area contributed by atoms with Crippen molar-refractivity contribution >= 4 is 29.5 Å². The number of ether oxygens (including phenoxy) is 1. The molecule has 4 N–H and O–H groups in total. The number of esters is 1. The van der Waals surface area contributed by atoms with Crippen LogP contribution in [0.25, 0.3) is 0 Å². The van der Waals surface area contributed by atoms with E-state index in [-0.39, 0.29) is 36.8 Å². The van der Waals surface area contributed by atoms with E-state index in [0.717, 1.165) is 23.2 Å². The summed E-state index contributed by atoms with van der Waals surface area (Å²) in [6.45, 7) is 3.46. The third kappa shape index (κ3) is 6.23. The number of para-hydroxylation sites is 1. The largest absolute Gasteiger partial charge is 0.456 e. The van der Waals surface area contributed by atoms with E-state index in [1.165, 1.54) is 0 Å². The molecular formula is C22H24N6O3. The van der Waals surface area contributed by atoms with Gasteiger partial charge in [-0.05, 0) is 37.1 Å². The van der Waals surface area contributed by atoms with Crippen molar-refractivity contribution < 1.29 is 14.3 Å². The van der Waals surface area contributed by atoms with Crippen LogP contribution in [0.2, 0.25) is 0 Å². The Bertz CT molecular complexity index is 1090. The Balaban J connectivity index is 1.56. The fourth-order valence-electron chi connectivity index (χ4n) is 2.87. The molecule has 0 aliphatic rings. The van der Waals surface area contributed by atoms with Gasteiger partial charge in [-0.1, -0.05) is 42.8 Å². The molecule has 31 heavy (non-hydrogen) atoms. The summed E-state index contributed by atoms with van der Waals surface area (Å²) in [6, 6.07) is 14.8. The summed E-state index contributed by atoms with van der Waals surface area (Å²) in [6.07, 6.45) is 0.836. The van der Waals surface area contributed by atoms with Crippen molar-refractivity contribution in [3.63, 3.8) is 0 Å². The number of amides is 1. The summed E-state index contributed by atoms with van der Waals surface area (Å²) >= 11 is 0. The second-order valence-corrected chi connectivity index (χ2v) is 6.78. The number of aromatic nitrogens is 3. The number of aryl methyl sites for hydroxylation is 2. The van der Waals surface area contributed by atoms with E-state index < -0.39 is 5.97 Å². The maximum atomic E-state index is 12.1. The molecule has 0 aliphatic heterocycles. The lowest BCUT2D eigenvalue weighted by molar-refractivity contribution is -0.143. The fraction of sp³-hybridized carbons (Fsp3) is 0.227. The van der Waals surface area contributed by atoms with Crippen molar-refractivity contribution in [3.8, 4) is 0 Å². The van der Waals surface area contributed by atoms with Crippen LogP contribution < -0.4 is 16.4 Å². The van der Waals surface area contributed by atoms with Gasteiger partial charge in [-0.2, -0.15) is 15.0 Å². The highest BCUT2D eigenvalue weighted by molar-refractivity contribution is 5.96. The Morgan fingerprint density at radius 2 is 1.87 bits per heavy atom. The van der Waals surface area contributed by atoms with Gasteiger partial charge in [-0.15, -0.1) is 0 Å². The number of hydrogen-bond donors (Lipinski definition) is 3. The highest BCUT2D eigenvalue weighted by atomic mass is 16.5. The van der Waals surface area contributed by atoms with Gasteiger partial charge in [0.1, 0.15) is 6.54 Å². The minimum absolute atomic E-state index is 0.00489. The quantitative estimate of drug-likeness (QED) is 0.474. The van der Waals surface area contributed by atoms with Gasteiger partial charge in [0.15, 0.2) is 12.4 Å². The van der Waals surface area contributed by atoms with Crippen molar-refractivity contribution in [2.75, 3.05) is 17.6 Å². The lowest BCUT2D eigenvalue weighted by atomic mass is 10.1. The lowest BCUT2D eigenvalue weighted by Gasteiger charge is -2.11. The van der Waals surface area contributed by atoms with Gasteiger partial charge in [0.2, 0.25) is 11.9 Å². The number of carbonyl (C=O) groups excluding carboxylic acids is 2. The van der Waals surface area contributed by atoms with E-state index in [9.17, 15) is 9.59 Å². The standard InChI is InChI=1S/C22H24N6O3/c1-3-15-8-4-5-10-17(15)25-22-27-18(26-21(23)28-22)13-31-19(29)12-24-20(30)16-9-6-7-14(2)11-16/h4-11H,3,12-13H2,1-2H3,(H,24,30)(H3,23,25,26,27,28). The minimum atomic E-state index is -0.620.